The number of piperidine rings is 1. The number of nitrogens with one attached hydrogen (secondary N) is 1. The molecule has 0 aromatic heterocycles. The number of benzene rings is 2. The zero-order chi connectivity index (χ0) is 20.8. The number of hydrogen-bond acceptors (Lipinski definition) is 4. The fraction of sp³-hybridized carbons (Fsp3) is 0.318. The summed E-state index contributed by atoms with van der Waals surface area (Å²) in [5.74, 6) is -1.16. The molecule has 0 unspecified atom stereocenters. The van der Waals surface area contributed by atoms with Gasteiger partial charge in [-0.1, -0.05) is 29.8 Å². The van der Waals surface area contributed by atoms with Gasteiger partial charge < -0.3 is 15.0 Å². The summed E-state index contributed by atoms with van der Waals surface area (Å²) in [6.45, 7) is 2.51. The van der Waals surface area contributed by atoms with Gasteiger partial charge in [-0.3, -0.25) is 14.4 Å². The summed E-state index contributed by atoms with van der Waals surface area (Å²) in [6.07, 6.45) is 1.02. The first-order chi connectivity index (χ1) is 13.9. The van der Waals surface area contributed by atoms with Crippen LogP contribution in [0, 0.1) is 12.8 Å². The van der Waals surface area contributed by atoms with E-state index in [4.69, 9.17) is 16.3 Å². The Morgan fingerprint density at radius 3 is 2.38 bits per heavy atom. The highest BCUT2D eigenvalue weighted by atomic mass is 35.5. The second-order valence-electron chi connectivity index (χ2n) is 7.04. The number of nitrogens with zero attached hydrogens (tertiary/aromatic N) is 1. The van der Waals surface area contributed by atoms with E-state index in [0.717, 1.165) is 5.56 Å². The van der Waals surface area contributed by atoms with Crippen LogP contribution >= 0.6 is 11.6 Å². The van der Waals surface area contributed by atoms with E-state index in [1.165, 1.54) is 0 Å². The average Bonchev–Trinajstić information content (AvgIpc) is 2.74. The number of carbonyl (C=O) groups is 3. The molecule has 3 rings (SSSR count). The van der Waals surface area contributed by atoms with E-state index in [1.54, 1.807) is 35.2 Å². The first kappa shape index (κ1) is 20.9. The molecule has 0 bridgehead atoms. The molecule has 0 atom stereocenters. The van der Waals surface area contributed by atoms with Gasteiger partial charge in [-0.2, -0.15) is 0 Å². The summed E-state index contributed by atoms with van der Waals surface area (Å²) < 4.78 is 5.18. The summed E-state index contributed by atoms with van der Waals surface area (Å²) in [5, 5.41) is 3.31. The third-order valence-electron chi connectivity index (χ3n) is 4.97. The van der Waals surface area contributed by atoms with Crippen LogP contribution in [0.1, 0.15) is 28.8 Å². The summed E-state index contributed by atoms with van der Waals surface area (Å²) in [4.78, 5) is 38.5. The van der Waals surface area contributed by atoms with Crippen molar-refractivity contribution in [3.63, 3.8) is 0 Å². The number of hydrogen-bond donors (Lipinski definition) is 1. The number of anilines is 1. The van der Waals surface area contributed by atoms with E-state index in [9.17, 15) is 14.4 Å². The topological polar surface area (TPSA) is 75.7 Å². The molecule has 0 spiro atoms. The van der Waals surface area contributed by atoms with Crippen molar-refractivity contribution in [2.45, 2.75) is 19.8 Å². The van der Waals surface area contributed by atoms with Crippen LogP contribution in [0.3, 0.4) is 0 Å². The Labute approximate surface area is 174 Å². The van der Waals surface area contributed by atoms with Crippen molar-refractivity contribution in [1.82, 2.24) is 4.90 Å². The lowest BCUT2D eigenvalue weighted by Gasteiger charge is -2.31. The molecule has 1 fully saturated rings. The third kappa shape index (κ3) is 5.57. The van der Waals surface area contributed by atoms with Gasteiger partial charge in [0.1, 0.15) is 0 Å². The number of carbonyl (C=O) groups excluding carboxylic acids is 3. The average molecular weight is 415 g/mol. The summed E-state index contributed by atoms with van der Waals surface area (Å²) in [5.41, 5.74) is 2.20. The SMILES string of the molecule is Cc1ccccc1NC(=O)COC(=O)C1CCN(C(=O)c2ccc(Cl)cc2)CC1. The quantitative estimate of drug-likeness (QED) is 0.757. The zero-order valence-corrected chi connectivity index (χ0v) is 16.9. The molecular formula is C22H23ClN2O4. The van der Waals surface area contributed by atoms with Gasteiger partial charge in [-0.15, -0.1) is 0 Å². The van der Waals surface area contributed by atoms with Gasteiger partial charge in [-0.05, 0) is 55.7 Å². The lowest BCUT2D eigenvalue weighted by atomic mass is 9.96. The first-order valence-electron chi connectivity index (χ1n) is 9.51. The summed E-state index contributed by atoms with van der Waals surface area (Å²) in [7, 11) is 0. The van der Waals surface area contributed by atoms with Crippen molar-refractivity contribution in [3.05, 3.63) is 64.7 Å². The highest BCUT2D eigenvalue weighted by Gasteiger charge is 2.29. The second kappa shape index (κ2) is 9.56. The Morgan fingerprint density at radius 2 is 1.72 bits per heavy atom. The number of likely N-dealkylation sites (tertiary alicyclic amines) is 1. The van der Waals surface area contributed by atoms with Gasteiger partial charge in [0.25, 0.3) is 11.8 Å². The first-order valence-corrected chi connectivity index (χ1v) is 9.89. The van der Waals surface area contributed by atoms with Crippen LogP contribution < -0.4 is 5.32 Å². The Kier molecular flexibility index (Phi) is 6.88. The molecule has 7 heteroatoms. The van der Waals surface area contributed by atoms with Crippen molar-refractivity contribution in [3.8, 4) is 0 Å². The van der Waals surface area contributed by atoms with Crippen LogP contribution in [-0.2, 0) is 14.3 Å². The minimum absolute atomic E-state index is 0.0777. The summed E-state index contributed by atoms with van der Waals surface area (Å²) >= 11 is 5.86. The molecule has 152 valence electrons. The Bertz CT molecular complexity index is 890. The lowest BCUT2D eigenvalue weighted by Crippen LogP contribution is -2.41. The standard InChI is InChI=1S/C22H23ClN2O4/c1-15-4-2-3-5-19(15)24-20(26)14-29-22(28)17-10-12-25(13-11-17)21(27)16-6-8-18(23)9-7-16/h2-9,17H,10-14H2,1H3,(H,24,26). The largest absolute Gasteiger partial charge is 0.455 e. The molecule has 29 heavy (non-hydrogen) atoms. The Morgan fingerprint density at radius 1 is 1.07 bits per heavy atom. The smallest absolute Gasteiger partial charge is 0.309 e. The number of para-hydroxylation sites is 1. The van der Waals surface area contributed by atoms with E-state index >= 15 is 0 Å². The molecule has 1 N–H and O–H groups in total. The van der Waals surface area contributed by atoms with Crippen LogP contribution in [0.4, 0.5) is 5.69 Å². The number of esters is 1. The highest BCUT2D eigenvalue weighted by molar-refractivity contribution is 6.30. The summed E-state index contributed by atoms with van der Waals surface area (Å²) in [6, 6.07) is 14.1. The van der Waals surface area contributed by atoms with Crippen LogP contribution in [0.25, 0.3) is 0 Å². The molecule has 2 aromatic carbocycles. The predicted octanol–water partition coefficient (Wildman–Crippen LogP) is 3.68. The normalized spacial score (nSPS) is 14.3. The number of rotatable bonds is 5. The molecule has 0 saturated carbocycles. The minimum atomic E-state index is -0.400. The Hall–Kier alpha value is -2.86. The molecule has 6 nitrogen and oxygen atoms in total. The molecule has 1 aliphatic rings. The molecule has 0 aliphatic carbocycles. The molecule has 1 heterocycles. The minimum Gasteiger partial charge on any atom is -0.455 e. The van der Waals surface area contributed by atoms with Gasteiger partial charge in [0.15, 0.2) is 6.61 Å². The van der Waals surface area contributed by atoms with Crippen LogP contribution in [0.2, 0.25) is 5.02 Å². The van der Waals surface area contributed by atoms with Gasteiger partial charge in [-0.25, -0.2) is 0 Å². The maximum Gasteiger partial charge on any atom is 0.309 e. The predicted molar refractivity (Wildman–Crippen MR) is 111 cm³/mol. The van der Waals surface area contributed by atoms with E-state index in [1.807, 2.05) is 25.1 Å². The van der Waals surface area contributed by atoms with Gasteiger partial charge >= 0.3 is 5.97 Å². The lowest BCUT2D eigenvalue weighted by molar-refractivity contribution is -0.152. The van der Waals surface area contributed by atoms with Crippen LogP contribution in [0.5, 0.6) is 0 Å². The highest BCUT2D eigenvalue weighted by Crippen LogP contribution is 2.21. The maximum absolute atomic E-state index is 12.5. The molecule has 2 amide bonds. The van der Waals surface area contributed by atoms with Crippen molar-refractivity contribution < 1.29 is 19.1 Å². The van der Waals surface area contributed by atoms with E-state index in [0.29, 0.717) is 42.2 Å². The number of halogens is 1. The van der Waals surface area contributed by atoms with Crippen LogP contribution in [-0.4, -0.2) is 42.4 Å². The van der Waals surface area contributed by atoms with Gasteiger partial charge in [0, 0.05) is 29.4 Å². The molecular weight excluding hydrogens is 392 g/mol. The molecule has 1 saturated heterocycles. The second-order valence-corrected chi connectivity index (χ2v) is 7.48. The van der Waals surface area contributed by atoms with Crippen molar-refractivity contribution in [2.24, 2.45) is 5.92 Å². The molecule has 1 aliphatic heterocycles. The van der Waals surface area contributed by atoms with Crippen molar-refractivity contribution >= 4 is 35.1 Å². The van der Waals surface area contributed by atoms with E-state index in [-0.39, 0.29) is 24.3 Å². The van der Waals surface area contributed by atoms with Crippen LogP contribution in [0.15, 0.2) is 48.5 Å². The van der Waals surface area contributed by atoms with E-state index < -0.39 is 5.97 Å². The maximum atomic E-state index is 12.5. The molecule has 0 radical (unpaired) electrons. The van der Waals surface area contributed by atoms with Crippen molar-refractivity contribution in [1.29, 1.82) is 0 Å². The van der Waals surface area contributed by atoms with Gasteiger partial charge in [0.2, 0.25) is 0 Å². The Balaban J connectivity index is 1.44. The monoisotopic (exact) mass is 414 g/mol. The third-order valence-corrected chi connectivity index (χ3v) is 5.22. The molecule has 2 aromatic rings. The van der Waals surface area contributed by atoms with Gasteiger partial charge in [0.05, 0.1) is 5.92 Å². The zero-order valence-electron chi connectivity index (χ0n) is 16.2. The number of ether oxygens (including phenoxy) is 1. The number of aryl methyl sites for hydroxylation is 1. The van der Waals surface area contributed by atoms with E-state index in [2.05, 4.69) is 5.32 Å². The van der Waals surface area contributed by atoms with Crippen molar-refractivity contribution in [2.75, 3.05) is 25.0 Å². The number of amides is 2. The fourth-order valence-corrected chi connectivity index (χ4v) is 3.37. The fourth-order valence-electron chi connectivity index (χ4n) is 3.25.